The molecule has 2 rings (SSSR count). The molecular formula is C8H11N3O2. The minimum absolute atomic E-state index is 0.279. The van der Waals surface area contributed by atoms with Crippen LogP contribution in [0, 0.1) is 0 Å². The van der Waals surface area contributed by atoms with Gasteiger partial charge in [0.05, 0.1) is 12.4 Å². The smallest absolute Gasteiger partial charge is 0.407 e. The van der Waals surface area contributed by atoms with Crippen molar-refractivity contribution >= 4 is 6.09 Å². The fraction of sp³-hybridized carbons (Fsp3) is 0.500. The zero-order chi connectivity index (χ0) is 9.10. The summed E-state index contributed by atoms with van der Waals surface area (Å²) in [4.78, 5) is 13.1. The van der Waals surface area contributed by atoms with Crippen LogP contribution in [0.5, 0.6) is 5.75 Å². The quantitative estimate of drug-likeness (QED) is 0.703. The van der Waals surface area contributed by atoms with E-state index < -0.39 is 0 Å². The summed E-state index contributed by atoms with van der Waals surface area (Å²) in [6, 6.07) is 0. The number of hydrogen-bond acceptors (Lipinski definition) is 3. The highest BCUT2D eigenvalue weighted by Crippen LogP contribution is 2.12. The van der Waals surface area contributed by atoms with Crippen LogP contribution in [0.15, 0.2) is 12.4 Å². The van der Waals surface area contributed by atoms with E-state index in [1.54, 1.807) is 11.1 Å². The molecule has 1 fully saturated rings. The second-order valence-corrected chi connectivity index (χ2v) is 3.00. The third-order valence-electron chi connectivity index (χ3n) is 2.04. The number of aromatic nitrogens is 2. The van der Waals surface area contributed by atoms with Crippen LogP contribution >= 0.6 is 0 Å². The van der Waals surface area contributed by atoms with Crippen LogP contribution in [-0.4, -0.2) is 34.3 Å². The molecule has 0 aliphatic carbocycles. The third-order valence-corrected chi connectivity index (χ3v) is 2.04. The molecule has 1 N–H and O–H groups in total. The summed E-state index contributed by atoms with van der Waals surface area (Å²) in [7, 11) is 0. The minimum Gasteiger partial charge on any atom is -0.407 e. The Morgan fingerprint density at radius 2 is 2.31 bits per heavy atom. The van der Waals surface area contributed by atoms with Gasteiger partial charge in [0.25, 0.3) is 0 Å². The molecule has 0 unspecified atom stereocenters. The molecule has 1 saturated heterocycles. The lowest BCUT2D eigenvalue weighted by Crippen LogP contribution is -2.30. The van der Waals surface area contributed by atoms with E-state index in [2.05, 4.69) is 10.2 Å². The average Bonchev–Trinajstić information content (AvgIpc) is 2.74. The zero-order valence-electron chi connectivity index (χ0n) is 7.19. The van der Waals surface area contributed by atoms with Crippen molar-refractivity contribution in [1.82, 2.24) is 15.1 Å². The molecular weight excluding hydrogens is 170 g/mol. The number of hydrogen-bond donors (Lipinski definition) is 1. The number of nitrogens with one attached hydrogen (secondary N) is 1. The average molecular weight is 181 g/mol. The van der Waals surface area contributed by atoms with Crippen molar-refractivity contribution in [2.45, 2.75) is 12.8 Å². The van der Waals surface area contributed by atoms with Gasteiger partial charge in [0.2, 0.25) is 0 Å². The summed E-state index contributed by atoms with van der Waals surface area (Å²) < 4.78 is 5.03. The number of rotatable bonds is 1. The van der Waals surface area contributed by atoms with Gasteiger partial charge in [0, 0.05) is 13.1 Å². The first-order chi connectivity index (χ1) is 6.36. The second kappa shape index (κ2) is 3.47. The number of ether oxygens (including phenoxy) is 1. The third kappa shape index (κ3) is 1.80. The highest BCUT2D eigenvalue weighted by molar-refractivity contribution is 5.70. The van der Waals surface area contributed by atoms with Crippen molar-refractivity contribution in [3.05, 3.63) is 12.4 Å². The summed E-state index contributed by atoms with van der Waals surface area (Å²) in [6.45, 7) is 1.60. The Hall–Kier alpha value is -1.52. The predicted molar refractivity (Wildman–Crippen MR) is 45.4 cm³/mol. The highest BCUT2D eigenvalue weighted by atomic mass is 16.6. The number of carbonyl (C=O) groups is 1. The predicted octanol–water partition coefficient (Wildman–Crippen LogP) is 1.00. The molecule has 1 amide bonds. The molecule has 0 bridgehead atoms. The van der Waals surface area contributed by atoms with Gasteiger partial charge in [-0.05, 0) is 12.8 Å². The first-order valence-electron chi connectivity index (χ1n) is 4.32. The van der Waals surface area contributed by atoms with E-state index in [-0.39, 0.29) is 6.09 Å². The maximum Gasteiger partial charge on any atom is 0.415 e. The van der Waals surface area contributed by atoms with Crippen LogP contribution < -0.4 is 4.74 Å². The first-order valence-corrected chi connectivity index (χ1v) is 4.32. The maximum absolute atomic E-state index is 11.4. The Balaban J connectivity index is 1.91. The van der Waals surface area contributed by atoms with E-state index in [4.69, 9.17) is 4.74 Å². The van der Waals surface area contributed by atoms with Crippen LogP contribution in [0.4, 0.5) is 4.79 Å². The van der Waals surface area contributed by atoms with Gasteiger partial charge >= 0.3 is 6.09 Å². The lowest BCUT2D eigenvalue weighted by molar-refractivity contribution is 0.163. The van der Waals surface area contributed by atoms with Gasteiger partial charge in [-0.2, -0.15) is 5.10 Å². The van der Waals surface area contributed by atoms with Gasteiger partial charge in [-0.1, -0.05) is 0 Å². The number of likely N-dealkylation sites (tertiary alicyclic amines) is 1. The van der Waals surface area contributed by atoms with Crippen molar-refractivity contribution in [3.8, 4) is 5.75 Å². The van der Waals surface area contributed by atoms with Crippen molar-refractivity contribution in [1.29, 1.82) is 0 Å². The van der Waals surface area contributed by atoms with Crippen LogP contribution in [0.25, 0.3) is 0 Å². The van der Waals surface area contributed by atoms with E-state index in [9.17, 15) is 4.79 Å². The minimum atomic E-state index is -0.279. The van der Waals surface area contributed by atoms with Crippen molar-refractivity contribution in [2.24, 2.45) is 0 Å². The van der Waals surface area contributed by atoms with Gasteiger partial charge < -0.3 is 9.64 Å². The van der Waals surface area contributed by atoms with E-state index in [1.165, 1.54) is 6.20 Å². The van der Waals surface area contributed by atoms with E-state index >= 15 is 0 Å². The Labute approximate surface area is 75.7 Å². The maximum atomic E-state index is 11.4. The van der Waals surface area contributed by atoms with Gasteiger partial charge in [-0.15, -0.1) is 0 Å². The summed E-state index contributed by atoms with van der Waals surface area (Å²) in [5.74, 6) is 0.469. The molecule has 13 heavy (non-hydrogen) atoms. The lowest BCUT2D eigenvalue weighted by Gasteiger charge is -2.13. The standard InChI is InChI=1S/C8H11N3O2/c12-8(11-3-1-2-4-11)13-7-5-9-10-6-7/h5-6H,1-4H2,(H,9,10). The fourth-order valence-corrected chi connectivity index (χ4v) is 1.36. The van der Waals surface area contributed by atoms with Crippen molar-refractivity contribution in [2.75, 3.05) is 13.1 Å². The SMILES string of the molecule is O=C(Oc1cn[nH]c1)N1CCCC1. The van der Waals surface area contributed by atoms with Crippen molar-refractivity contribution < 1.29 is 9.53 Å². The fourth-order valence-electron chi connectivity index (χ4n) is 1.36. The Morgan fingerprint density at radius 3 is 2.92 bits per heavy atom. The number of H-pyrrole nitrogens is 1. The highest BCUT2D eigenvalue weighted by Gasteiger charge is 2.19. The van der Waals surface area contributed by atoms with Crippen LogP contribution in [0.1, 0.15) is 12.8 Å². The monoisotopic (exact) mass is 181 g/mol. The molecule has 0 atom stereocenters. The van der Waals surface area contributed by atoms with E-state index in [0.29, 0.717) is 5.75 Å². The van der Waals surface area contributed by atoms with E-state index in [1.807, 2.05) is 0 Å². The van der Waals surface area contributed by atoms with Gasteiger partial charge in [-0.3, -0.25) is 5.10 Å². The summed E-state index contributed by atoms with van der Waals surface area (Å²) in [5, 5.41) is 6.26. The molecule has 5 heteroatoms. The van der Waals surface area contributed by atoms with Crippen molar-refractivity contribution in [3.63, 3.8) is 0 Å². The normalized spacial score (nSPS) is 16.2. The second-order valence-electron chi connectivity index (χ2n) is 3.00. The molecule has 1 aliphatic heterocycles. The number of carbonyl (C=O) groups excluding carboxylic acids is 1. The Bertz CT molecular complexity index is 278. The first kappa shape index (κ1) is 8.10. The zero-order valence-corrected chi connectivity index (χ0v) is 7.19. The largest absolute Gasteiger partial charge is 0.415 e. The molecule has 70 valence electrons. The van der Waals surface area contributed by atoms with Crippen LogP contribution in [0.2, 0.25) is 0 Å². The van der Waals surface area contributed by atoms with Gasteiger partial charge in [0.1, 0.15) is 0 Å². The molecule has 0 saturated carbocycles. The Kier molecular flexibility index (Phi) is 2.16. The number of nitrogens with zero attached hydrogens (tertiary/aromatic N) is 2. The summed E-state index contributed by atoms with van der Waals surface area (Å²) in [5.41, 5.74) is 0. The van der Waals surface area contributed by atoms with Gasteiger partial charge in [0.15, 0.2) is 5.75 Å². The molecule has 1 aromatic heterocycles. The molecule has 0 aromatic carbocycles. The lowest BCUT2D eigenvalue weighted by atomic mass is 10.4. The molecule has 1 aliphatic rings. The molecule has 2 heterocycles. The van der Waals surface area contributed by atoms with Gasteiger partial charge in [-0.25, -0.2) is 4.79 Å². The molecule has 5 nitrogen and oxygen atoms in total. The van der Waals surface area contributed by atoms with Crippen LogP contribution in [-0.2, 0) is 0 Å². The number of amides is 1. The summed E-state index contributed by atoms with van der Waals surface area (Å²) >= 11 is 0. The molecule has 0 spiro atoms. The molecule has 0 radical (unpaired) electrons. The van der Waals surface area contributed by atoms with E-state index in [0.717, 1.165) is 25.9 Å². The topological polar surface area (TPSA) is 58.2 Å². The molecule has 1 aromatic rings. The summed E-state index contributed by atoms with van der Waals surface area (Å²) in [6.07, 6.45) is 4.89. The Morgan fingerprint density at radius 1 is 1.54 bits per heavy atom. The number of aromatic amines is 1. The van der Waals surface area contributed by atoms with Crippen LogP contribution in [0.3, 0.4) is 0 Å².